The predicted octanol–water partition coefficient (Wildman–Crippen LogP) is 6.09. The van der Waals surface area contributed by atoms with Crippen LogP contribution in [0.1, 0.15) is 73.2 Å². The maximum atomic E-state index is 7.20. The number of aromatic amines is 1. The Bertz CT molecular complexity index is 1920. The van der Waals surface area contributed by atoms with E-state index in [1.54, 1.807) is 20.3 Å². The molecule has 5 rings (SSSR count). The van der Waals surface area contributed by atoms with Crippen molar-refractivity contribution in [2.24, 2.45) is 0 Å². The molecule has 0 aliphatic carbocycles. The number of rotatable bonds is 15. The Morgan fingerprint density at radius 3 is 1.76 bits per heavy atom. The lowest BCUT2D eigenvalue weighted by molar-refractivity contribution is 0.410. The molecule has 3 aromatic heterocycles. The van der Waals surface area contributed by atoms with E-state index in [2.05, 4.69) is 69.9 Å². The molecule has 7 N–H and O–H groups in total. The summed E-state index contributed by atoms with van der Waals surface area (Å²) < 4.78 is 11.0. The average molecular weight is 694 g/mol. The van der Waals surface area contributed by atoms with E-state index < -0.39 is 0 Å². The molecule has 0 bridgehead atoms. The number of H-pyrrole nitrogens is 1. The minimum atomic E-state index is 0.261. The Balaban J connectivity index is 0.000000230. The van der Waals surface area contributed by atoms with Crippen LogP contribution in [0.3, 0.4) is 0 Å². The maximum Gasteiger partial charge on any atom is 0.222 e. The number of nitrogens with two attached hydrogens (primary N) is 2. The van der Waals surface area contributed by atoms with Gasteiger partial charge in [0, 0.05) is 54.0 Å². The van der Waals surface area contributed by atoms with E-state index in [0.29, 0.717) is 24.4 Å². The van der Waals surface area contributed by atoms with Crippen molar-refractivity contribution in [1.82, 2.24) is 40.6 Å². The third-order valence-electron chi connectivity index (χ3n) is 8.12. The molecule has 0 radical (unpaired) electrons. The lowest BCUT2D eigenvalue weighted by Crippen LogP contribution is -2.11. The van der Waals surface area contributed by atoms with Crippen LogP contribution in [0.5, 0.6) is 11.5 Å². The summed E-state index contributed by atoms with van der Waals surface area (Å²) in [6.45, 7) is 17.0. The van der Waals surface area contributed by atoms with Crippen LogP contribution in [-0.4, -0.2) is 67.9 Å². The molecule has 0 saturated heterocycles. The summed E-state index contributed by atoms with van der Waals surface area (Å²) in [5.41, 5.74) is 18.6. The Kier molecular flexibility index (Phi) is 13.8. The monoisotopic (exact) mass is 693 g/mol. The van der Waals surface area contributed by atoms with Crippen molar-refractivity contribution >= 4 is 29.2 Å². The summed E-state index contributed by atoms with van der Waals surface area (Å²) in [7, 11) is 3.28. The van der Waals surface area contributed by atoms with Crippen LogP contribution in [0.2, 0.25) is 0 Å². The highest BCUT2D eigenvalue weighted by Crippen LogP contribution is 2.31. The van der Waals surface area contributed by atoms with Gasteiger partial charge in [-0.2, -0.15) is 15.2 Å². The van der Waals surface area contributed by atoms with Gasteiger partial charge in [0.1, 0.15) is 23.1 Å². The van der Waals surface area contributed by atoms with E-state index in [-0.39, 0.29) is 11.9 Å². The predicted molar refractivity (Wildman–Crippen MR) is 200 cm³/mol. The Hall–Kier alpha value is -6.04. The van der Waals surface area contributed by atoms with Crippen molar-refractivity contribution < 1.29 is 9.47 Å². The van der Waals surface area contributed by atoms with Crippen molar-refractivity contribution in [3.05, 3.63) is 81.5 Å². The molecular formula is C36H47N13O2. The van der Waals surface area contributed by atoms with Crippen LogP contribution in [0.25, 0.3) is 16.2 Å². The fourth-order valence-electron chi connectivity index (χ4n) is 5.41. The molecule has 5 aromatic rings. The van der Waals surface area contributed by atoms with E-state index in [9.17, 15) is 0 Å². The van der Waals surface area contributed by atoms with Crippen LogP contribution >= 0.6 is 0 Å². The molecule has 0 saturated carbocycles. The third kappa shape index (κ3) is 10.2. The van der Waals surface area contributed by atoms with Crippen molar-refractivity contribution in [3.63, 3.8) is 0 Å². The Morgan fingerprint density at radius 2 is 1.29 bits per heavy atom. The average Bonchev–Trinajstić information content (AvgIpc) is 3.67. The smallest absolute Gasteiger partial charge is 0.222 e. The van der Waals surface area contributed by atoms with Crippen LogP contribution < -0.4 is 31.6 Å². The quantitative estimate of drug-likeness (QED) is 0.0623. The molecule has 0 spiro atoms. The van der Waals surface area contributed by atoms with Gasteiger partial charge in [-0.25, -0.2) is 14.8 Å². The summed E-state index contributed by atoms with van der Waals surface area (Å²) in [5, 5.41) is 20.9. The van der Waals surface area contributed by atoms with Crippen LogP contribution in [0.4, 0.5) is 29.2 Å². The van der Waals surface area contributed by atoms with E-state index in [0.717, 1.165) is 101 Å². The zero-order chi connectivity index (χ0) is 36.8. The second-order valence-electron chi connectivity index (χ2n) is 11.8. The van der Waals surface area contributed by atoms with E-state index in [1.807, 2.05) is 44.2 Å². The number of tetrazole rings is 1. The van der Waals surface area contributed by atoms with Gasteiger partial charge < -0.3 is 31.6 Å². The molecule has 0 aliphatic rings. The van der Waals surface area contributed by atoms with Gasteiger partial charge in [-0.1, -0.05) is 32.8 Å². The van der Waals surface area contributed by atoms with Gasteiger partial charge >= 0.3 is 0 Å². The highest BCUT2D eigenvalue weighted by molar-refractivity contribution is 5.61. The highest BCUT2D eigenvalue weighted by Gasteiger charge is 2.17. The van der Waals surface area contributed by atoms with Gasteiger partial charge in [0.15, 0.2) is 5.69 Å². The fraction of sp³-hybridized carbons (Fsp3) is 0.389. The summed E-state index contributed by atoms with van der Waals surface area (Å²) in [4.78, 5) is 20.9. The summed E-state index contributed by atoms with van der Waals surface area (Å²) in [6, 6.07) is 11.2. The van der Waals surface area contributed by atoms with Crippen molar-refractivity contribution in [3.8, 4) is 22.9 Å². The highest BCUT2D eigenvalue weighted by atomic mass is 16.5. The van der Waals surface area contributed by atoms with Gasteiger partial charge in [0.2, 0.25) is 17.7 Å². The number of ether oxygens (including phenoxy) is 2. The number of aryl methyl sites for hydroxylation is 2. The Labute approximate surface area is 298 Å². The molecule has 0 aliphatic heterocycles. The van der Waals surface area contributed by atoms with Crippen LogP contribution in [0, 0.1) is 20.4 Å². The van der Waals surface area contributed by atoms with Gasteiger partial charge in [-0.05, 0) is 73.4 Å². The SMILES string of the molecule is CCCCNc1nc(N)nc(C)c1Cc1cc(-c2nn[nH]n2)ccc1OC.[C-]#[N+]c1ccc(OC)c(Cc2c(C)nc(N)nc2NCCCC)c1. The standard InChI is InChI=1S/C18H24N8O.C18H23N5O/c1-4-5-8-20-17-14(11(2)21-18(19)22-17)10-13-9-12(6-7-15(13)27-3)16-23-25-26-24-16;1-5-6-9-21-17-15(12(2)22-18(19)23-17)11-13-10-14(20-3)7-8-16(13)24-4/h6-7,9H,4-5,8,10H2,1-3H3,(H3,19,20,21,22)(H,23,24,25,26);7-8,10H,5-6,9,11H2,1-2,4H3,(H3,19,21,22,23). The molecule has 0 fully saturated rings. The number of aromatic nitrogens is 8. The number of hydrogen-bond donors (Lipinski definition) is 5. The van der Waals surface area contributed by atoms with E-state index in [4.69, 9.17) is 27.5 Å². The lowest BCUT2D eigenvalue weighted by atomic mass is 10.0. The molecule has 3 heterocycles. The number of hydrogen-bond acceptors (Lipinski definition) is 13. The number of nitrogens with zero attached hydrogens (tertiary/aromatic N) is 8. The summed E-state index contributed by atoms with van der Waals surface area (Å²) in [6.07, 6.45) is 5.48. The number of nitrogens with one attached hydrogen (secondary N) is 3. The molecular weight excluding hydrogens is 646 g/mol. The van der Waals surface area contributed by atoms with Gasteiger partial charge in [-0.3, -0.25) is 0 Å². The number of nitrogen functional groups attached to an aromatic ring is 2. The minimum Gasteiger partial charge on any atom is -0.497 e. The molecule has 268 valence electrons. The van der Waals surface area contributed by atoms with Crippen LogP contribution in [-0.2, 0) is 12.8 Å². The molecule has 0 amide bonds. The van der Waals surface area contributed by atoms with E-state index >= 15 is 0 Å². The number of methoxy groups -OCH3 is 2. The zero-order valence-corrected chi connectivity index (χ0v) is 30.2. The second-order valence-corrected chi connectivity index (χ2v) is 11.8. The van der Waals surface area contributed by atoms with Gasteiger partial charge in [0.05, 0.1) is 20.8 Å². The maximum absolute atomic E-state index is 7.20. The molecule has 0 unspecified atom stereocenters. The topological polar surface area (TPSA) is 205 Å². The molecule has 15 heteroatoms. The normalized spacial score (nSPS) is 10.5. The second kappa shape index (κ2) is 18.6. The lowest BCUT2D eigenvalue weighted by Gasteiger charge is -2.16. The number of benzene rings is 2. The van der Waals surface area contributed by atoms with Gasteiger partial charge in [-0.15, -0.1) is 10.2 Å². The van der Waals surface area contributed by atoms with Crippen LogP contribution in [0.15, 0.2) is 36.4 Å². The first kappa shape index (κ1) is 37.8. The first-order chi connectivity index (χ1) is 24.7. The molecule has 15 nitrogen and oxygen atoms in total. The minimum absolute atomic E-state index is 0.261. The largest absolute Gasteiger partial charge is 0.497 e. The van der Waals surface area contributed by atoms with Gasteiger partial charge in [0.25, 0.3) is 0 Å². The fourth-order valence-corrected chi connectivity index (χ4v) is 5.41. The van der Waals surface area contributed by atoms with Crippen molar-refractivity contribution in [1.29, 1.82) is 0 Å². The van der Waals surface area contributed by atoms with E-state index in [1.165, 1.54) is 0 Å². The summed E-state index contributed by atoms with van der Waals surface area (Å²) >= 11 is 0. The molecule has 2 aromatic carbocycles. The first-order valence-electron chi connectivity index (χ1n) is 16.9. The summed E-state index contributed by atoms with van der Waals surface area (Å²) in [5.74, 6) is 4.10. The molecule has 0 atom stereocenters. The third-order valence-corrected chi connectivity index (χ3v) is 8.12. The number of unbranched alkanes of at least 4 members (excludes halogenated alkanes) is 2. The zero-order valence-electron chi connectivity index (χ0n) is 30.2. The van der Waals surface area contributed by atoms with Crippen molar-refractivity contribution in [2.45, 2.75) is 66.2 Å². The number of anilines is 4. The Morgan fingerprint density at radius 1 is 0.765 bits per heavy atom. The van der Waals surface area contributed by atoms with Crippen molar-refractivity contribution in [2.75, 3.05) is 49.4 Å². The first-order valence-corrected chi connectivity index (χ1v) is 16.9. The molecule has 51 heavy (non-hydrogen) atoms.